The lowest BCUT2D eigenvalue weighted by molar-refractivity contribution is -0.384. The monoisotopic (exact) mass is 461 g/mol. The predicted molar refractivity (Wildman–Crippen MR) is 109 cm³/mol. The van der Waals surface area contributed by atoms with Gasteiger partial charge in [-0.1, -0.05) is 23.7 Å². The van der Waals surface area contributed by atoms with Crippen LogP contribution in [-0.4, -0.2) is 10.8 Å². The Hall–Kier alpha value is -4.10. The first kappa shape index (κ1) is 22.6. The molecule has 0 bridgehead atoms. The lowest BCUT2D eigenvalue weighted by Gasteiger charge is -2.11. The Labute approximate surface area is 183 Å². The first-order valence-corrected chi connectivity index (χ1v) is 9.11. The smallest absolute Gasteiger partial charge is 0.417 e. The second-order valence-electron chi connectivity index (χ2n) is 6.29. The van der Waals surface area contributed by atoms with E-state index in [1.807, 2.05) is 0 Å². The van der Waals surface area contributed by atoms with Gasteiger partial charge in [0.05, 0.1) is 21.1 Å². The highest BCUT2D eigenvalue weighted by molar-refractivity contribution is 6.31. The van der Waals surface area contributed by atoms with Crippen molar-refractivity contribution in [2.75, 3.05) is 5.32 Å². The van der Waals surface area contributed by atoms with Crippen molar-refractivity contribution in [1.29, 1.82) is 5.26 Å². The van der Waals surface area contributed by atoms with E-state index in [0.29, 0.717) is 6.07 Å². The maximum atomic E-state index is 13.0. The Morgan fingerprint density at radius 1 is 1.19 bits per heavy atom. The fourth-order valence-corrected chi connectivity index (χ4v) is 2.95. The number of alkyl halides is 3. The number of nitrogens with zero attached hydrogens (tertiary/aromatic N) is 2. The second-order valence-corrected chi connectivity index (χ2v) is 6.70. The van der Waals surface area contributed by atoms with Gasteiger partial charge in [-0.15, -0.1) is 0 Å². The molecule has 0 saturated heterocycles. The third-order valence-electron chi connectivity index (χ3n) is 4.17. The normalized spacial score (nSPS) is 11.7. The summed E-state index contributed by atoms with van der Waals surface area (Å²) < 4.78 is 44.4. The quantitative estimate of drug-likeness (QED) is 0.214. The molecular weight excluding hydrogens is 451 g/mol. The molecule has 7 nitrogen and oxygen atoms in total. The molecule has 0 unspecified atom stereocenters. The van der Waals surface area contributed by atoms with E-state index in [2.05, 4.69) is 5.32 Å². The SMILES string of the molecule is N#CC(=Cc1ccc(-c2ccccc2[N+](=O)[O-])o1)C(=O)Nc1ccc(Cl)c(C(F)(F)F)c1. The minimum atomic E-state index is -4.73. The molecule has 0 aliphatic heterocycles. The highest BCUT2D eigenvalue weighted by Gasteiger charge is 2.33. The number of para-hydroxylation sites is 1. The number of anilines is 1. The van der Waals surface area contributed by atoms with Gasteiger partial charge in [-0.05, 0) is 36.4 Å². The standard InChI is InChI=1S/C21H11ClF3N3O4/c22-17-7-5-13(10-16(17)21(23,24)25)27-20(29)12(11-26)9-14-6-8-19(32-14)15-3-1-2-4-18(15)28(30)31/h1-10H,(H,27,29). The molecule has 1 aromatic heterocycles. The van der Waals surface area contributed by atoms with Crippen LogP contribution in [-0.2, 0) is 11.0 Å². The third kappa shape index (κ3) is 4.96. The van der Waals surface area contributed by atoms with Crippen LogP contribution in [0.4, 0.5) is 24.5 Å². The van der Waals surface area contributed by atoms with E-state index in [-0.39, 0.29) is 28.5 Å². The van der Waals surface area contributed by atoms with Gasteiger partial charge < -0.3 is 9.73 Å². The predicted octanol–water partition coefficient (Wildman–Crippen LogP) is 6.07. The number of nitrogens with one attached hydrogen (secondary N) is 1. The summed E-state index contributed by atoms with van der Waals surface area (Å²) in [5, 5.41) is 22.1. The number of hydrogen-bond acceptors (Lipinski definition) is 5. The molecule has 3 rings (SSSR count). The molecule has 1 N–H and O–H groups in total. The van der Waals surface area contributed by atoms with Crippen molar-refractivity contribution in [3.63, 3.8) is 0 Å². The van der Waals surface area contributed by atoms with Crippen molar-refractivity contribution in [2.45, 2.75) is 6.18 Å². The minimum absolute atomic E-state index is 0.0388. The van der Waals surface area contributed by atoms with Crippen LogP contribution in [0.15, 0.2) is 64.6 Å². The van der Waals surface area contributed by atoms with Crippen molar-refractivity contribution in [2.24, 2.45) is 0 Å². The summed E-state index contributed by atoms with van der Waals surface area (Å²) in [6, 6.07) is 13.1. The molecule has 0 radical (unpaired) electrons. The Morgan fingerprint density at radius 3 is 2.56 bits per heavy atom. The summed E-state index contributed by atoms with van der Waals surface area (Å²) in [7, 11) is 0. The highest BCUT2D eigenvalue weighted by Crippen LogP contribution is 2.36. The zero-order valence-electron chi connectivity index (χ0n) is 15.8. The van der Waals surface area contributed by atoms with Crippen LogP contribution >= 0.6 is 11.6 Å². The van der Waals surface area contributed by atoms with Gasteiger partial charge in [0, 0.05) is 17.8 Å². The summed E-state index contributed by atoms with van der Waals surface area (Å²) in [5.74, 6) is -0.808. The zero-order chi connectivity index (χ0) is 23.5. The molecular formula is C21H11ClF3N3O4. The number of carbonyl (C=O) groups excluding carboxylic acids is 1. The fraction of sp³-hybridized carbons (Fsp3) is 0.0476. The summed E-state index contributed by atoms with van der Waals surface area (Å²) >= 11 is 5.55. The van der Waals surface area contributed by atoms with Crippen LogP contribution in [0.1, 0.15) is 11.3 Å². The van der Waals surface area contributed by atoms with Crippen molar-refractivity contribution in [1.82, 2.24) is 0 Å². The number of furan rings is 1. The number of amides is 1. The number of nitriles is 1. The van der Waals surface area contributed by atoms with Gasteiger partial charge in [-0.25, -0.2) is 0 Å². The van der Waals surface area contributed by atoms with Gasteiger partial charge in [0.2, 0.25) is 0 Å². The summed E-state index contributed by atoms with van der Waals surface area (Å²) in [4.78, 5) is 23.0. The van der Waals surface area contributed by atoms with E-state index >= 15 is 0 Å². The molecule has 1 heterocycles. The van der Waals surface area contributed by atoms with E-state index < -0.39 is 33.2 Å². The molecule has 0 fully saturated rings. The molecule has 0 spiro atoms. The molecule has 0 aliphatic rings. The maximum Gasteiger partial charge on any atom is 0.417 e. The number of rotatable bonds is 5. The van der Waals surface area contributed by atoms with Gasteiger partial charge in [0.25, 0.3) is 11.6 Å². The van der Waals surface area contributed by atoms with Gasteiger partial charge in [-0.2, -0.15) is 18.4 Å². The molecule has 2 aromatic carbocycles. The largest absolute Gasteiger partial charge is 0.456 e. The Balaban J connectivity index is 1.86. The van der Waals surface area contributed by atoms with Crippen molar-refractivity contribution in [3.8, 4) is 17.4 Å². The lowest BCUT2D eigenvalue weighted by Crippen LogP contribution is -2.14. The van der Waals surface area contributed by atoms with Crippen molar-refractivity contribution in [3.05, 3.63) is 86.6 Å². The van der Waals surface area contributed by atoms with Crippen LogP contribution in [0, 0.1) is 21.4 Å². The summed E-state index contributed by atoms with van der Waals surface area (Å²) in [6.07, 6.45) is -3.66. The van der Waals surface area contributed by atoms with Gasteiger partial charge >= 0.3 is 6.18 Å². The van der Waals surface area contributed by atoms with Crippen LogP contribution in [0.25, 0.3) is 17.4 Å². The van der Waals surface area contributed by atoms with Gasteiger partial charge in [0.1, 0.15) is 23.2 Å². The van der Waals surface area contributed by atoms with Crippen molar-refractivity contribution >= 4 is 35.0 Å². The molecule has 3 aromatic rings. The first-order chi connectivity index (χ1) is 15.1. The molecule has 1 amide bonds. The van der Waals surface area contributed by atoms with E-state index in [4.69, 9.17) is 16.0 Å². The molecule has 162 valence electrons. The third-order valence-corrected chi connectivity index (χ3v) is 4.50. The average molecular weight is 462 g/mol. The number of carbonyl (C=O) groups is 1. The van der Waals surface area contributed by atoms with E-state index in [1.165, 1.54) is 30.3 Å². The van der Waals surface area contributed by atoms with Crippen LogP contribution in [0.2, 0.25) is 5.02 Å². The summed E-state index contributed by atoms with van der Waals surface area (Å²) in [5.41, 5.74) is -1.82. The molecule has 0 saturated carbocycles. The number of halogens is 4. The fourth-order valence-electron chi connectivity index (χ4n) is 2.73. The minimum Gasteiger partial charge on any atom is -0.456 e. The first-order valence-electron chi connectivity index (χ1n) is 8.73. The number of benzene rings is 2. The highest BCUT2D eigenvalue weighted by atomic mass is 35.5. The van der Waals surface area contributed by atoms with Gasteiger partial charge in [0.15, 0.2) is 0 Å². The van der Waals surface area contributed by atoms with Crippen LogP contribution < -0.4 is 5.32 Å². The topological polar surface area (TPSA) is 109 Å². The Kier molecular flexibility index (Phi) is 6.32. The van der Waals surface area contributed by atoms with Crippen LogP contribution in [0.5, 0.6) is 0 Å². The number of nitro benzene ring substituents is 1. The molecule has 0 atom stereocenters. The Bertz CT molecular complexity index is 1280. The molecule has 32 heavy (non-hydrogen) atoms. The summed E-state index contributed by atoms with van der Waals surface area (Å²) in [6.45, 7) is 0. The van der Waals surface area contributed by atoms with Crippen LogP contribution in [0.3, 0.4) is 0 Å². The van der Waals surface area contributed by atoms with E-state index in [9.17, 15) is 33.3 Å². The number of hydrogen-bond donors (Lipinski definition) is 1. The van der Waals surface area contributed by atoms with E-state index in [0.717, 1.165) is 18.2 Å². The second kappa shape index (κ2) is 8.95. The molecule has 0 aliphatic carbocycles. The lowest BCUT2D eigenvalue weighted by atomic mass is 10.1. The van der Waals surface area contributed by atoms with Crippen molar-refractivity contribution < 1.29 is 27.3 Å². The number of nitro groups is 1. The molecule has 11 heteroatoms. The zero-order valence-corrected chi connectivity index (χ0v) is 16.6. The maximum absolute atomic E-state index is 13.0. The Morgan fingerprint density at radius 2 is 1.91 bits per heavy atom. The van der Waals surface area contributed by atoms with Gasteiger partial charge in [-0.3, -0.25) is 14.9 Å². The van der Waals surface area contributed by atoms with E-state index in [1.54, 1.807) is 12.1 Å². The average Bonchev–Trinajstić information content (AvgIpc) is 3.21.